The number of sulfone groups is 2. The molecule has 0 unspecified atom stereocenters. The van der Waals surface area contributed by atoms with E-state index in [9.17, 15) is 16.8 Å². The molecule has 0 saturated carbocycles. The van der Waals surface area contributed by atoms with Crippen molar-refractivity contribution in [2.45, 2.75) is 19.6 Å². The van der Waals surface area contributed by atoms with Gasteiger partial charge in [0, 0.05) is 29.3 Å². The molecule has 0 aliphatic heterocycles. The fraction of sp³-hybridized carbons (Fsp3) is 0. The summed E-state index contributed by atoms with van der Waals surface area (Å²) in [6, 6.07) is 31.8. The van der Waals surface area contributed by atoms with Crippen molar-refractivity contribution in [2.75, 3.05) is 0 Å². The standard InChI is InChI=1S/C32H20O4S7/c33-42(34,21-9-3-1-4-10-21)31-29(27-17-15-25(39-27)23-13-7-19-37-23)41-30(28-18-16-26(40-28)24-14-8-20-38-24)32(31)43(35,36)22-11-5-2-6-12-22/h1-20H. The summed E-state index contributed by atoms with van der Waals surface area (Å²) in [6.45, 7) is 0. The van der Waals surface area contributed by atoms with Gasteiger partial charge in [0.05, 0.1) is 19.5 Å². The van der Waals surface area contributed by atoms with E-state index in [0.717, 1.165) is 19.5 Å². The Balaban J connectivity index is 1.56. The molecule has 43 heavy (non-hydrogen) atoms. The van der Waals surface area contributed by atoms with Gasteiger partial charge in [0.1, 0.15) is 9.79 Å². The lowest BCUT2D eigenvalue weighted by Crippen LogP contribution is -2.10. The van der Waals surface area contributed by atoms with Crippen molar-refractivity contribution in [3.05, 3.63) is 120 Å². The van der Waals surface area contributed by atoms with Gasteiger partial charge in [-0.05, 0) is 71.4 Å². The lowest BCUT2D eigenvalue weighted by atomic mass is 10.3. The quantitative estimate of drug-likeness (QED) is 0.159. The minimum Gasteiger partial charge on any atom is -0.218 e. The van der Waals surface area contributed by atoms with E-state index in [4.69, 9.17) is 0 Å². The number of rotatable bonds is 8. The molecule has 7 aromatic rings. The molecule has 4 nitrogen and oxygen atoms in total. The lowest BCUT2D eigenvalue weighted by Gasteiger charge is -2.11. The predicted molar refractivity (Wildman–Crippen MR) is 181 cm³/mol. The zero-order chi connectivity index (χ0) is 29.6. The summed E-state index contributed by atoms with van der Waals surface area (Å²) in [6.07, 6.45) is 0. The second-order valence-corrected chi connectivity index (χ2v) is 18.2. The Labute approximate surface area is 269 Å². The zero-order valence-electron chi connectivity index (χ0n) is 22.0. The molecule has 5 aromatic heterocycles. The first kappa shape index (κ1) is 28.6. The van der Waals surface area contributed by atoms with Crippen molar-refractivity contribution in [1.82, 2.24) is 0 Å². The molecule has 2 aromatic carbocycles. The van der Waals surface area contributed by atoms with Crippen LogP contribution in [0, 0.1) is 0 Å². The number of thiophene rings is 5. The van der Waals surface area contributed by atoms with E-state index in [-0.39, 0.29) is 19.6 Å². The molecule has 0 aliphatic rings. The van der Waals surface area contributed by atoms with Crippen LogP contribution < -0.4 is 0 Å². The number of hydrogen-bond acceptors (Lipinski definition) is 9. The van der Waals surface area contributed by atoms with Gasteiger partial charge in [-0.2, -0.15) is 0 Å². The van der Waals surface area contributed by atoms with E-state index in [0.29, 0.717) is 19.5 Å². The van der Waals surface area contributed by atoms with Crippen LogP contribution in [0.15, 0.2) is 140 Å². The minimum absolute atomic E-state index is 0.0469. The lowest BCUT2D eigenvalue weighted by molar-refractivity contribution is 0.584. The summed E-state index contributed by atoms with van der Waals surface area (Å²) in [5.74, 6) is 0. The molecule has 0 N–H and O–H groups in total. The molecule has 5 heterocycles. The van der Waals surface area contributed by atoms with Gasteiger partial charge in [-0.15, -0.1) is 56.7 Å². The van der Waals surface area contributed by atoms with E-state index in [2.05, 4.69) is 0 Å². The predicted octanol–water partition coefficient (Wildman–Crippen LogP) is 10.3. The highest BCUT2D eigenvalue weighted by Gasteiger charge is 2.38. The topological polar surface area (TPSA) is 68.3 Å². The van der Waals surface area contributed by atoms with Crippen molar-refractivity contribution in [3.63, 3.8) is 0 Å². The van der Waals surface area contributed by atoms with Gasteiger partial charge < -0.3 is 0 Å². The highest BCUT2D eigenvalue weighted by molar-refractivity contribution is 7.95. The Hall–Kier alpha value is -3.16. The Morgan fingerprint density at radius 2 is 0.767 bits per heavy atom. The van der Waals surface area contributed by atoms with E-state index in [1.807, 2.05) is 59.3 Å². The summed E-state index contributed by atoms with van der Waals surface area (Å²) in [4.78, 5) is 6.12. The zero-order valence-corrected chi connectivity index (χ0v) is 27.8. The second-order valence-electron chi connectivity index (χ2n) is 9.33. The third kappa shape index (κ3) is 5.18. The van der Waals surface area contributed by atoms with Gasteiger partial charge in [-0.1, -0.05) is 48.5 Å². The molecule has 0 fully saturated rings. The fourth-order valence-corrected chi connectivity index (χ4v) is 14.4. The number of hydrogen-bond donors (Lipinski definition) is 0. The first-order valence-corrected chi connectivity index (χ1v) is 20.1. The van der Waals surface area contributed by atoms with Gasteiger partial charge in [0.15, 0.2) is 0 Å². The van der Waals surface area contributed by atoms with Crippen molar-refractivity contribution in [1.29, 1.82) is 0 Å². The van der Waals surface area contributed by atoms with Crippen LogP contribution in [0.2, 0.25) is 0 Å². The molecule has 0 atom stereocenters. The monoisotopic (exact) mass is 692 g/mol. The van der Waals surface area contributed by atoms with Gasteiger partial charge in [0.2, 0.25) is 19.7 Å². The molecule has 0 bridgehead atoms. The first-order chi connectivity index (χ1) is 20.8. The Bertz CT molecular complexity index is 2080. The van der Waals surface area contributed by atoms with Crippen LogP contribution in [0.25, 0.3) is 39.0 Å². The maximum atomic E-state index is 14.6. The van der Waals surface area contributed by atoms with E-state index in [1.54, 1.807) is 59.1 Å². The fourth-order valence-electron chi connectivity index (χ4n) is 4.67. The van der Waals surface area contributed by atoms with Gasteiger partial charge >= 0.3 is 0 Å². The molecule has 0 saturated heterocycles. The minimum atomic E-state index is -4.26. The summed E-state index contributed by atoms with van der Waals surface area (Å²) in [5.41, 5.74) is 0. The third-order valence-electron chi connectivity index (χ3n) is 6.65. The third-order valence-corrected chi connectivity index (χ3v) is 16.6. The largest absolute Gasteiger partial charge is 0.218 e. The van der Waals surface area contributed by atoms with Crippen LogP contribution in [-0.2, 0) is 19.7 Å². The Morgan fingerprint density at radius 3 is 1.14 bits per heavy atom. The Morgan fingerprint density at radius 1 is 0.372 bits per heavy atom. The van der Waals surface area contributed by atoms with Crippen LogP contribution in [0.5, 0.6) is 0 Å². The highest BCUT2D eigenvalue weighted by atomic mass is 32.2. The molecule has 11 heteroatoms. The van der Waals surface area contributed by atoms with Gasteiger partial charge in [0.25, 0.3) is 0 Å². The molecule has 0 spiro atoms. The van der Waals surface area contributed by atoms with Crippen LogP contribution >= 0.6 is 56.7 Å². The number of benzene rings is 2. The second kappa shape index (κ2) is 11.4. The maximum Gasteiger partial charge on any atom is 0.209 e. The van der Waals surface area contributed by atoms with Crippen molar-refractivity contribution in [2.24, 2.45) is 0 Å². The van der Waals surface area contributed by atoms with Gasteiger partial charge in [-0.3, -0.25) is 0 Å². The normalized spacial score (nSPS) is 12.1. The summed E-state index contributed by atoms with van der Waals surface area (Å²) >= 11 is 7.35. The molecule has 0 amide bonds. The smallest absolute Gasteiger partial charge is 0.209 e. The summed E-state index contributed by atoms with van der Waals surface area (Å²) in [7, 11) is -8.52. The van der Waals surface area contributed by atoms with Crippen molar-refractivity contribution < 1.29 is 16.8 Å². The van der Waals surface area contributed by atoms with Crippen LogP contribution in [0.3, 0.4) is 0 Å². The maximum absolute atomic E-state index is 14.6. The van der Waals surface area contributed by atoms with Gasteiger partial charge in [-0.25, -0.2) is 16.8 Å². The molecular formula is C32H20O4S7. The average Bonchev–Trinajstić information content (AvgIpc) is 3.86. The Kier molecular flexibility index (Phi) is 7.58. The molecular weight excluding hydrogens is 673 g/mol. The molecule has 7 rings (SSSR count). The van der Waals surface area contributed by atoms with Crippen molar-refractivity contribution in [3.8, 4) is 39.0 Å². The van der Waals surface area contributed by atoms with Crippen LogP contribution in [0.4, 0.5) is 0 Å². The molecule has 0 aliphatic carbocycles. The molecule has 214 valence electrons. The van der Waals surface area contributed by atoms with Crippen LogP contribution in [-0.4, -0.2) is 16.8 Å². The highest BCUT2D eigenvalue weighted by Crippen LogP contribution is 2.53. The molecule has 0 radical (unpaired) electrons. The average molecular weight is 693 g/mol. The SMILES string of the molecule is O=S(=O)(c1ccccc1)c1c(-c2ccc(-c3cccs3)s2)sc(-c2ccc(-c3cccs3)s2)c1S(=O)(=O)c1ccccc1. The van der Waals surface area contributed by atoms with Crippen molar-refractivity contribution >= 4 is 76.4 Å². The summed E-state index contributed by atoms with van der Waals surface area (Å²) < 4.78 is 58.2. The van der Waals surface area contributed by atoms with E-state index >= 15 is 0 Å². The first-order valence-electron chi connectivity index (χ1n) is 12.9. The summed E-state index contributed by atoms with van der Waals surface area (Å²) in [5, 5.41) is 3.99. The van der Waals surface area contributed by atoms with Crippen LogP contribution in [0.1, 0.15) is 0 Å². The van der Waals surface area contributed by atoms with E-state index < -0.39 is 19.7 Å². The van der Waals surface area contributed by atoms with E-state index in [1.165, 1.54) is 58.3 Å².